The summed E-state index contributed by atoms with van der Waals surface area (Å²) in [5.74, 6) is 0.854. The van der Waals surface area contributed by atoms with E-state index in [0.29, 0.717) is 0 Å². The van der Waals surface area contributed by atoms with Crippen molar-refractivity contribution in [2.75, 3.05) is 11.8 Å². The Bertz CT molecular complexity index is 174. The topological polar surface area (TPSA) is 21.3 Å². The molecule has 0 saturated heterocycles. The third-order valence-corrected chi connectivity index (χ3v) is 1.48. The number of hydrogen-bond acceptors (Lipinski definition) is 3. The smallest absolute Gasteiger partial charge is 0.119 e. The Morgan fingerprint density at radius 2 is 1.90 bits per heavy atom. The van der Waals surface area contributed by atoms with Gasteiger partial charge in [0.25, 0.3) is 0 Å². The summed E-state index contributed by atoms with van der Waals surface area (Å²) in [4.78, 5) is 0. The van der Waals surface area contributed by atoms with Crippen molar-refractivity contribution >= 4 is 18.5 Å². The SMILES string of the molecule is COc1ccc(NS)cc1. The lowest BCUT2D eigenvalue weighted by Gasteiger charge is -2.00. The fourth-order valence-corrected chi connectivity index (χ4v) is 0.815. The largest absolute Gasteiger partial charge is 0.497 e. The second-order valence-electron chi connectivity index (χ2n) is 1.84. The van der Waals surface area contributed by atoms with E-state index in [-0.39, 0.29) is 0 Å². The van der Waals surface area contributed by atoms with Crippen LogP contribution >= 0.6 is 12.8 Å². The molecule has 1 aromatic carbocycles. The lowest BCUT2D eigenvalue weighted by molar-refractivity contribution is 0.415. The molecule has 10 heavy (non-hydrogen) atoms. The van der Waals surface area contributed by atoms with Gasteiger partial charge in [-0.3, -0.25) is 0 Å². The standard InChI is InChI=1S/C7H9NOS/c1-9-7-4-2-6(8-10)3-5-7/h2-5,8,10H,1H3. The van der Waals surface area contributed by atoms with E-state index < -0.39 is 0 Å². The summed E-state index contributed by atoms with van der Waals surface area (Å²) in [7, 11) is 1.64. The van der Waals surface area contributed by atoms with Crippen LogP contribution in [-0.4, -0.2) is 7.11 Å². The number of thiol groups is 1. The molecule has 0 aliphatic carbocycles. The molecule has 1 rings (SSSR count). The molecule has 0 atom stereocenters. The van der Waals surface area contributed by atoms with Crippen LogP contribution in [0.4, 0.5) is 5.69 Å². The highest BCUT2D eigenvalue weighted by atomic mass is 32.1. The minimum Gasteiger partial charge on any atom is -0.497 e. The number of benzene rings is 1. The Morgan fingerprint density at radius 3 is 2.30 bits per heavy atom. The molecule has 3 heteroatoms. The van der Waals surface area contributed by atoms with Crippen LogP contribution in [0, 0.1) is 0 Å². The maximum absolute atomic E-state index is 4.96. The zero-order chi connectivity index (χ0) is 7.40. The summed E-state index contributed by atoms with van der Waals surface area (Å²) < 4.78 is 7.68. The Labute approximate surface area is 65.8 Å². The molecule has 0 amide bonds. The molecule has 0 bridgehead atoms. The van der Waals surface area contributed by atoms with Crippen molar-refractivity contribution in [2.24, 2.45) is 0 Å². The predicted molar refractivity (Wildman–Crippen MR) is 45.6 cm³/mol. The van der Waals surface area contributed by atoms with Gasteiger partial charge in [-0.15, -0.1) is 0 Å². The third-order valence-electron chi connectivity index (χ3n) is 1.22. The lowest BCUT2D eigenvalue weighted by atomic mass is 10.3. The van der Waals surface area contributed by atoms with Gasteiger partial charge in [0.2, 0.25) is 0 Å². The molecule has 0 aliphatic heterocycles. The number of methoxy groups -OCH3 is 1. The summed E-state index contributed by atoms with van der Waals surface area (Å²) in [5, 5.41) is 0. The fourth-order valence-electron chi connectivity index (χ4n) is 0.666. The van der Waals surface area contributed by atoms with Gasteiger partial charge in [0.15, 0.2) is 0 Å². The van der Waals surface area contributed by atoms with Gasteiger partial charge < -0.3 is 9.46 Å². The Morgan fingerprint density at radius 1 is 1.30 bits per heavy atom. The highest BCUT2D eigenvalue weighted by Gasteiger charge is 1.88. The molecule has 0 radical (unpaired) electrons. The average molecular weight is 155 g/mol. The van der Waals surface area contributed by atoms with Gasteiger partial charge in [0.1, 0.15) is 5.75 Å². The zero-order valence-electron chi connectivity index (χ0n) is 5.66. The van der Waals surface area contributed by atoms with Crippen LogP contribution in [0.25, 0.3) is 0 Å². The highest BCUT2D eigenvalue weighted by Crippen LogP contribution is 2.14. The van der Waals surface area contributed by atoms with Crippen molar-refractivity contribution in [3.8, 4) is 5.75 Å². The minimum absolute atomic E-state index is 0.854. The molecular weight excluding hydrogens is 146 g/mol. The lowest BCUT2D eigenvalue weighted by Crippen LogP contribution is -1.83. The monoisotopic (exact) mass is 155 g/mol. The molecule has 1 N–H and O–H groups in total. The molecule has 0 aliphatic rings. The summed E-state index contributed by atoms with van der Waals surface area (Å²) in [5.41, 5.74) is 0.962. The first kappa shape index (κ1) is 7.28. The zero-order valence-corrected chi connectivity index (χ0v) is 6.56. The van der Waals surface area contributed by atoms with Crippen molar-refractivity contribution in [1.29, 1.82) is 0 Å². The fraction of sp³-hybridized carbons (Fsp3) is 0.143. The Kier molecular flexibility index (Phi) is 2.45. The van der Waals surface area contributed by atoms with Crippen LogP contribution in [0.2, 0.25) is 0 Å². The molecule has 2 nitrogen and oxygen atoms in total. The average Bonchev–Trinajstić information content (AvgIpc) is 2.05. The van der Waals surface area contributed by atoms with Crippen molar-refractivity contribution in [3.05, 3.63) is 24.3 Å². The summed E-state index contributed by atoms with van der Waals surface area (Å²) in [6, 6.07) is 7.54. The number of ether oxygens (including phenoxy) is 1. The van der Waals surface area contributed by atoms with Gasteiger partial charge in [0, 0.05) is 5.69 Å². The van der Waals surface area contributed by atoms with Crippen LogP contribution in [0.1, 0.15) is 0 Å². The van der Waals surface area contributed by atoms with Crippen molar-refractivity contribution in [2.45, 2.75) is 0 Å². The second-order valence-corrected chi connectivity index (χ2v) is 2.06. The van der Waals surface area contributed by atoms with Crippen LogP contribution < -0.4 is 9.46 Å². The van der Waals surface area contributed by atoms with E-state index in [1.807, 2.05) is 24.3 Å². The van der Waals surface area contributed by atoms with Gasteiger partial charge in [-0.25, -0.2) is 0 Å². The predicted octanol–water partition coefficient (Wildman–Crippen LogP) is 1.95. The van der Waals surface area contributed by atoms with Crippen LogP contribution in [-0.2, 0) is 0 Å². The maximum atomic E-state index is 4.96. The molecule has 0 heterocycles. The first-order chi connectivity index (χ1) is 4.86. The van der Waals surface area contributed by atoms with Gasteiger partial charge in [-0.05, 0) is 24.3 Å². The Balaban J connectivity index is 2.80. The molecule has 54 valence electrons. The van der Waals surface area contributed by atoms with Crippen LogP contribution in [0.3, 0.4) is 0 Å². The van der Waals surface area contributed by atoms with Gasteiger partial charge in [0.05, 0.1) is 7.11 Å². The van der Waals surface area contributed by atoms with Crippen molar-refractivity contribution in [3.63, 3.8) is 0 Å². The van der Waals surface area contributed by atoms with Gasteiger partial charge in [-0.1, -0.05) is 12.8 Å². The van der Waals surface area contributed by atoms with E-state index in [2.05, 4.69) is 17.5 Å². The summed E-state index contributed by atoms with van der Waals surface area (Å²) >= 11 is 3.88. The molecule has 0 fully saturated rings. The highest BCUT2D eigenvalue weighted by molar-refractivity contribution is 7.81. The normalized spacial score (nSPS) is 9.00. The summed E-state index contributed by atoms with van der Waals surface area (Å²) in [6.07, 6.45) is 0. The van der Waals surface area contributed by atoms with Crippen LogP contribution in [0.5, 0.6) is 5.75 Å². The molecule has 0 spiro atoms. The van der Waals surface area contributed by atoms with E-state index in [1.165, 1.54) is 0 Å². The number of rotatable bonds is 2. The first-order valence-corrected chi connectivity index (χ1v) is 3.35. The number of hydrogen-bond donors (Lipinski definition) is 2. The van der Waals surface area contributed by atoms with E-state index >= 15 is 0 Å². The van der Waals surface area contributed by atoms with Crippen LogP contribution in [0.15, 0.2) is 24.3 Å². The Hall–Kier alpha value is -0.830. The molecule has 0 saturated carbocycles. The molecule has 1 aromatic rings. The van der Waals surface area contributed by atoms with E-state index in [1.54, 1.807) is 7.11 Å². The molecule has 0 aromatic heterocycles. The second kappa shape index (κ2) is 3.37. The summed E-state index contributed by atoms with van der Waals surface area (Å²) in [6.45, 7) is 0. The quantitative estimate of drug-likeness (QED) is 0.637. The maximum Gasteiger partial charge on any atom is 0.119 e. The minimum atomic E-state index is 0.854. The van der Waals surface area contributed by atoms with E-state index in [4.69, 9.17) is 4.74 Å². The van der Waals surface area contributed by atoms with Gasteiger partial charge in [-0.2, -0.15) is 0 Å². The molecular formula is C7H9NOS. The van der Waals surface area contributed by atoms with Gasteiger partial charge >= 0.3 is 0 Å². The number of nitrogens with one attached hydrogen (secondary N) is 1. The molecule has 0 unspecified atom stereocenters. The van der Waals surface area contributed by atoms with Crippen molar-refractivity contribution < 1.29 is 4.74 Å². The number of anilines is 1. The van der Waals surface area contributed by atoms with E-state index in [0.717, 1.165) is 11.4 Å². The first-order valence-electron chi connectivity index (χ1n) is 2.91. The third kappa shape index (κ3) is 1.57. The van der Waals surface area contributed by atoms with E-state index in [9.17, 15) is 0 Å². The van der Waals surface area contributed by atoms with Crippen molar-refractivity contribution in [1.82, 2.24) is 0 Å².